The minimum absolute atomic E-state index is 0.160. The molecular formula is C32H26N8O4. The summed E-state index contributed by atoms with van der Waals surface area (Å²) < 4.78 is 0. The van der Waals surface area contributed by atoms with Gasteiger partial charge in [0.15, 0.2) is 12.1 Å². The number of carbonyl (C=O) groups is 2. The number of para-hydroxylation sites is 2. The van der Waals surface area contributed by atoms with Gasteiger partial charge in [0.1, 0.15) is 22.9 Å². The third-order valence-corrected chi connectivity index (χ3v) is 7.04. The standard InChI is InChI=1S/C32H26N8O4/c1-19-29(31(43)39(37-19)23-9-5-3-6-10-23)35-33-25-15-13-21(17-27(25)41)22-14-16-26(28(42)18-22)34-36-30-20(2)38-40(32(30)44)24-11-7-4-8-12-24/h3-18,29-30,41-42H,1-2H3. The zero-order valence-corrected chi connectivity index (χ0v) is 23.7. The van der Waals surface area contributed by atoms with Crippen LogP contribution >= 0.6 is 0 Å². The molecule has 0 bridgehead atoms. The first-order valence-corrected chi connectivity index (χ1v) is 13.7. The highest BCUT2D eigenvalue weighted by molar-refractivity contribution is 6.18. The summed E-state index contributed by atoms with van der Waals surface area (Å²) >= 11 is 0. The Morgan fingerprint density at radius 2 is 0.977 bits per heavy atom. The first-order chi connectivity index (χ1) is 21.3. The normalized spacial score (nSPS) is 18.5. The Balaban J connectivity index is 1.14. The van der Waals surface area contributed by atoms with Gasteiger partial charge in [0.2, 0.25) is 0 Å². The fraction of sp³-hybridized carbons (Fsp3) is 0.125. The Hall–Kier alpha value is -6.04. The molecule has 2 N–H and O–H groups in total. The molecule has 12 nitrogen and oxygen atoms in total. The molecule has 0 aliphatic carbocycles. The molecule has 218 valence electrons. The summed E-state index contributed by atoms with van der Waals surface area (Å²) in [4.78, 5) is 25.8. The van der Waals surface area contributed by atoms with Crippen LogP contribution < -0.4 is 10.0 Å². The summed E-state index contributed by atoms with van der Waals surface area (Å²) in [6.07, 6.45) is 0. The molecule has 6 rings (SSSR count). The maximum absolute atomic E-state index is 12.9. The lowest BCUT2D eigenvalue weighted by atomic mass is 10.0. The lowest BCUT2D eigenvalue weighted by Gasteiger charge is -2.12. The number of hydrogen-bond acceptors (Lipinski definition) is 10. The predicted molar refractivity (Wildman–Crippen MR) is 166 cm³/mol. The monoisotopic (exact) mass is 586 g/mol. The van der Waals surface area contributed by atoms with E-state index in [1.165, 1.54) is 22.2 Å². The highest BCUT2D eigenvalue weighted by atomic mass is 16.3. The summed E-state index contributed by atoms with van der Waals surface area (Å²) in [6.45, 7) is 3.39. The maximum Gasteiger partial charge on any atom is 0.280 e. The van der Waals surface area contributed by atoms with Crippen molar-refractivity contribution in [3.8, 4) is 22.6 Å². The van der Waals surface area contributed by atoms with Crippen molar-refractivity contribution in [1.82, 2.24) is 0 Å². The van der Waals surface area contributed by atoms with E-state index in [0.717, 1.165) is 0 Å². The number of anilines is 2. The molecule has 0 aromatic heterocycles. The molecule has 12 heteroatoms. The summed E-state index contributed by atoms with van der Waals surface area (Å²) in [6, 6.07) is 25.7. The van der Waals surface area contributed by atoms with Gasteiger partial charge in [0.25, 0.3) is 11.8 Å². The number of hydrogen-bond donors (Lipinski definition) is 2. The first kappa shape index (κ1) is 28.1. The summed E-state index contributed by atoms with van der Waals surface area (Å²) in [5.41, 5.74) is 3.76. The van der Waals surface area contributed by atoms with Gasteiger partial charge in [-0.1, -0.05) is 48.5 Å². The number of carbonyl (C=O) groups excluding carboxylic acids is 2. The van der Waals surface area contributed by atoms with Gasteiger partial charge in [-0.05, 0) is 73.5 Å². The van der Waals surface area contributed by atoms with E-state index in [0.29, 0.717) is 33.9 Å². The van der Waals surface area contributed by atoms with Gasteiger partial charge in [-0.2, -0.15) is 40.7 Å². The van der Waals surface area contributed by atoms with E-state index < -0.39 is 12.1 Å². The molecule has 2 unspecified atom stereocenters. The van der Waals surface area contributed by atoms with Crippen molar-refractivity contribution in [1.29, 1.82) is 0 Å². The smallest absolute Gasteiger partial charge is 0.280 e. The van der Waals surface area contributed by atoms with Crippen LogP contribution in [0, 0.1) is 0 Å². The van der Waals surface area contributed by atoms with E-state index in [1.807, 2.05) is 36.4 Å². The number of nitrogens with zero attached hydrogens (tertiary/aromatic N) is 8. The van der Waals surface area contributed by atoms with Gasteiger partial charge in [-0.15, -0.1) is 0 Å². The van der Waals surface area contributed by atoms with Crippen molar-refractivity contribution in [2.24, 2.45) is 30.7 Å². The number of phenolic OH excluding ortho intramolecular Hbond substituents is 2. The lowest BCUT2D eigenvalue weighted by molar-refractivity contribution is -0.118. The second kappa shape index (κ2) is 11.7. The van der Waals surface area contributed by atoms with Gasteiger partial charge in [-0.25, -0.2) is 0 Å². The van der Waals surface area contributed by atoms with Crippen LogP contribution in [-0.4, -0.2) is 45.5 Å². The highest BCUT2D eigenvalue weighted by Crippen LogP contribution is 2.37. The molecule has 4 aromatic rings. The van der Waals surface area contributed by atoms with Crippen LogP contribution in [-0.2, 0) is 9.59 Å². The molecule has 2 aliphatic rings. The summed E-state index contributed by atoms with van der Waals surface area (Å²) in [5.74, 6) is -0.997. The molecule has 0 saturated carbocycles. The van der Waals surface area contributed by atoms with Gasteiger partial charge < -0.3 is 10.2 Å². The Morgan fingerprint density at radius 1 is 0.591 bits per heavy atom. The number of rotatable bonds is 7. The molecule has 0 spiro atoms. The number of hydrazone groups is 2. The largest absolute Gasteiger partial charge is 0.506 e. The number of azo groups is 2. The van der Waals surface area contributed by atoms with Crippen molar-refractivity contribution >= 4 is 46.0 Å². The average molecular weight is 587 g/mol. The van der Waals surface area contributed by atoms with Crippen LogP contribution in [0.1, 0.15) is 13.8 Å². The van der Waals surface area contributed by atoms with Gasteiger partial charge >= 0.3 is 0 Å². The Kier molecular flexibility index (Phi) is 7.46. The predicted octanol–water partition coefficient (Wildman–Crippen LogP) is 6.51. The van der Waals surface area contributed by atoms with Crippen molar-refractivity contribution in [2.75, 3.05) is 10.0 Å². The van der Waals surface area contributed by atoms with Crippen LogP contribution in [0.2, 0.25) is 0 Å². The van der Waals surface area contributed by atoms with Crippen molar-refractivity contribution in [3.05, 3.63) is 97.1 Å². The second-order valence-corrected chi connectivity index (χ2v) is 10.1. The van der Waals surface area contributed by atoms with E-state index in [1.54, 1.807) is 62.4 Å². The molecule has 0 saturated heterocycles. The third kappa shape index (κ3) is 5.43. The SMILES string of the molecule is CC1=NN(c2ccccc2)C(=O)C1N=Nc1ccc(-c2ccc(N=NC3C(=O)N(c4ccccc4)N=C3C)c(O)c2)cc1O. The summed E-state index contributed by atoms with van der Waals surface area (Å²) in [7, 11) is 0. The number of benzene rings is 4. The fourth-order valence-electron chi connectivity index (χ4n) is 4.70. The number of aromatic hydroxyl groups is 2. The molecule has 0 radical (unpaired) electrons. The molecule has 0 fully saturated rings. The van der Waals surface area contributed by atoms with Crippen LogP contribution in [0.15, 0.2) is 128 Å². The second-order valence-electron chi connectivity index (χ2n) is 10.1. The van der Waals surface area contributed by atoms with Crippen LogP contribution in [0.4, 0.5) is 22.7 Å². The van der Waals surface area contributed by atoms with Crippen LogP contribution in [0.25, 0.3) is 11.1 Å². The zero-order valence-electron chi connectivity index (χ0n) is 23.7. The molecule has 2 aliphatic heterocycles. The van der Waals surface area contributed by atoms with Gasteiger partial charge in [-0.3, -0.25) is 9.59 Å². The average Bonchev–Trinajstić information content (AvgIpc) is 3.49. The van der Waals surface area contributed by atoms with E-state index in [9.17, 15) is 19.8 Å². The van der Waals surface area contributed by atoms with Crippen molar-refractivity contribution in [3.63, 3.8) is 0 Å². The Labute approximate surface area is 252 Å². The van der Waals surface area contributed by atoms with E-state index in [2.05, 4.69) is 30.7 Å². The minimum Gasteiger partial charge on any atom is -0.506 e. The van der Waals surface area contributed by atoms with Crippen LogP contribution in [0.3, 0.4) is 0 Å². The lowest BCUT2D eigenvalue weighted by Crippen LogP contribution is -2.29. The maximum atomic E-state index is 12.9. The number of phenols is 2. The molecule has 2 atom stereocenters. The third-order valence-electron chi connectivity index (χ3n) is 7.04. The highest BCUT2D eigenvalue weighted by Gasteiger charge is 2.35. The molecule has 4 aromatic carbocycles. The molecule has 44 heavy (non-hydrogen) atoms. The first-order valence-electron chi connectivity index (χ1n) is 13.7. The molecular weight excluding hydrogens is 560 g/mol. The van der Waals surface area contributed by atoms with Crippen molar-refractivity contribution < 1.29 is 19.8 Å². The molecule has 2 amide bonds. The Bertz CT molecular complexity index is 1740. The quantitative estimate of drug-likeness (QED) is 0.237. The number of amides is 2. The van der Waals surface area contributed by atoms with E-state index >= 15 is 0 Å². The zero-order chi connectivity index (χ0) is 30.8. The minimum atomic E-state index is -0.899. The van der Waals surface area contributed by atoms with Gasteiger partial charge in [0.05, 0.1) is 22.8 Å². The van der Waals surface area contributed by atoms with Gasteiger partial charge in [0, 0.05) is 0 Å². The summed E-state index contributed by atoms with van der Waals surface area (Å²) in [5, 5.41) is 49.0. The van der Waals surface area contributed by atoms with E-state index in [4.69, 9.17) is 0 Å². The van der Waals surface area contributed by atoms with E-state index in [-0.39, 0.29) is 34.7 Å². The molecule has 2 heterocycles. The van der Waals surface area contributed by atoms with Crippen molar-refractivity contribution in [2.45, 2.75) is 25.9 Å². The Morgan fingerprint density at radius 3 is 1.34 bits per heavy atom. The fourth-order valence-corrected chi connectivity index (χ4v) is 4.70. The van der Waals surface area contributed by atoms with Crippen LogP contribution in [0.5, 0.6) is 11.5 Å². The topological polar surface area (TPSA) is 155 Å².